The van der Waals surface area contributed by atoms with Gasteiger partial charge in [0.25, 0.3) is 0 Å². The third-order valence-electron chi connectivity index (χ3n) is 1.88. The Morgan fingerprint density at radius 1 is 1.50 bits per heavy atom. The molecule has 0 aliphatic carbocycles. The lowest BCUT2D eigenvalue weighted by Gasteiger charge is -2.20. The Balaban J connectivity index is 2.70. The van der Waals surface area contributed by atoms with E-state index in [-0.39, 0.29) is 6.54 Å². The molecule has 0 saturated carbocycles. The molecule has 2 nitrogen and oxygen atoms in total. The Bertz CT molecular complexity index is 370. The number of hydrogen-bond donors (Lipinski definition) is 0. The van der Waals surface area contributed by atoms with Crippen molar-refractivity contribution in [2.45, 2.75) is 12.6 Å². The van der Waals surface area contributed by atoms with E-state index >= 15 is 0 Å². The zero-order valence-corrected chi connectivity index (χ0v) is 10.7. The van der Waals surface area contributed by atoms with Gasteiger partial charge in [0.2, 0.25) is 0 Å². The van der Waals surface area contributed by atoms with Crippen molar-refractivity contribution in [2.75, 3.05) is 18.5 Å². The fourth-order valence-electron chi connectivity index (χ4n) is 1.09. The van der Waals surface area contributed by atoms with Crippen LogP contribution in [0.15, 0.2) is 16.7 Å². The third kappa shape index (κ3) is 4.17. The van der Waals surface area contributed by atoms with Crippen LogP contribution in [0.25, 0.3) is 0 Å². The number of anilines is 1. The van der Waals surface area contributed by atoms with Gasteiger partial charge in [0.05, 0.1) is 11.4 Å². The van der Waals surface area contributed by atoms with Crippen molar-refractivity contribution in [1.29, 1.82) is 0 Å². The fraction of sp³-hybridized carbons (Fsp3) is 0.444. The van der Waals surface area contributed by atoms with Crippen molar-refractivity contribution in [1.82, 2.24) is 4.98 Å². The minimum Gasteiger partial charge on any atom is -0.358 e. The van der Waals surface area contributed by atoms with Crippen LogP contribution >= 0.6 is 27.5 Å². The SMILES string of the molecule is CN(CCC(F)(F)F)c1ncc(Br)cc1Cl. The van der Waals surface area contributed by atoms with Gasteiger partial charge in [0.1, 0.15) is 5.82 Å². The number of pyridine rings is 1. The molecule has 0 radical (unpaired) electrons. The topological polar surface area (TPSA) is 16.1 Å². The van der Waals surface area contributed by atoms with Gasteiger partial charge < -0.3 is 4.90 Å². The van der Waals surface area contributed by atoms with Gasteiger partial charge in [0, 0.05) is 24.3 Å². The second-order valence-corrected chi connectivity index (χ2v) is 4.57. The third-order valence-corrected chi connectivity index (χ3v) is 2.59. The molecule has 0 fully saturated rings. The van der Waals surface area contributed by atoms with Crippen LogP contribution in [0.5, 0.6) is 0 Å². The lowest BCUT2D eigenvalue weighted by Crippen LogP contribution is -2.25. The van der Waals surface area contributed by atoms with E-state index in [1.807, 2.05) is 0 Å². The highest BCUT2D eigenvalue weighted by molar-refractivity contribution is 9.10. The van der Waals surface area contributed by atoms with E-state index in [2.05, 4.69) is 20.9 Å². The molecule has 0 aliphatic heterocycles. The highest BCUT2D eigenvalue weighted by Crippen LogP contribution is 2.27. The van der Waals surface area contributed by atoms with Crippen LogP contribution in [0.3, 0.4) is 0 Å². The Morgan fingerprint density at radius 2 is 2.12 bits per heavy atom. The molecular formula is C9H9BrClF3N2. The molecule has 0 N–H and O–H groups in total. The summed E-state index contributed by atoms with van der Waals surface area (Å²) in [4.78, 5) is 5.34. The average Bonchev–Trinajstić information content (AvgIpc) is 2.13. The molecule has 16 heavy (non-hydrogen) atoms. The van der Waals surface area contributed by atoms with E-state index in [4.69, 9.17) is 11.6 Å². The maximum absolute atomic E-state index is 12.0. The number of nitrogens with zero attached hydrogens (tertiary/aromatic N) is 2. The first-order valence-corrected chi connectivity index (χ1v) is 5.55. The zero-order chi connectivity index (χ0) is 12.3. The lowest BCUT2D eigenvalue weighted by atomic mass is 10.3. The summed E-state index contributed by atoms with van der Waals surface area (Å²) in [5.41, 5.74) is 0. The van der Waals surface area contributed by atoms with Gasteiger partial charge in [-0.15, -0.1) is 0 Å². The Morgan fingerprint density at radius 3 is 2.62 bits per heavy atom. The molecule has 1 heterocycles. The summed E-state index contributed by atoms with van der Waals surface area (Å²) in [6, 6.07) is 1.59. The molecule has 0 aliphatic rings. The van der Waals surface area contributed by atoms with Gasteiger partial charge in [-0.25, -0.2) is 4.98 Å². The first kappa shape index (κ1) is 13.6. The quantitative estimate of drug-likeness (QED) is 0.841. The molecule has 1 aromatic rings. The van der Waals surface area contributed by atoms with Crippen LogP contribution in [-0.2, 0) is 0 Å². The predicted molar refractivity (Wildman–Crippen MR) is 60.9 cm³/mol. The van der Waals surface area contributed by atoms with Gasteiger partial charge in [-0.2, -0.15) is 13.2 Å². The van der Waals surface area contributed by atoms with Gasteiger partial charge in [0.15, 0.2) is 0 Å². The molecule has 7 heteroatoms. The zero-order valence-electron chi connectivity index (χ0n) is 8.35. The minimum atomic E-state index is -4.17. The molecule has 1 rings (SSSR count). The summed E-state index contributed by atoms with van der Waals surface area (Å²) in [5, 5.41) is 0.319. The fourth-order valence-corrected chi connectivity index (χ4v) is 1.86. The van der Waals surface area contributed by atoms with Crippen molar-refractivity contribution < 1.29 is 13.2 Å². The summed E-state index contributed by atoms with van der Waals surface area (Å²) in [6.45, 7) is -0.169. The monoisotopic (exact) mass is 316 g/mol. The Hall–Kier alpha value is -0.490. The van der Waals surface area contributed by atoms with Gasteiger partial charge in [-0.05, 0) is 22.0 Å². The van der Waals surface area contributed by atoms with Crippen LogP contribution in [0.1, 0.15) is 6.42 Å². The molecular weight excluding hydrogens is 308 g/mol. The number of aromatic nitrogens is 1. The summed E-state index contributed by atoms with van der Waals surface area (Å²) in [7, 11) is 1.52. The van der Waals surface area contributed by atoms with Crippen molar-refractivity contribution in [3.05, 3.63) is 21.8 Å². The minimum absolute atomic E-state index is 0.169. The molecule has 0 atom stereocenters. The highest BCUT2D eigenvalue weighted by Gasteiger charge is 2.27. The van der Waals surface area contributed by atoms with E-state index in [0.29, 0.717) is 15.3 Å². The molecule has 0 amide bonds. The van der Waals surface area contributed by atoms with E-state index in [1.165, 1.54) is 18.1 Å². The number of alkyl halides is 3. The van der Waals surface area contributed by atoms with E-state index in [9.17, 15) is 13.2 Å². The van der Waals surface area contributed by atoms with Crippen LogP contribution < -0.4 is 4.90 Å². The molecule has 1 aromatic heterocycles. The summed E-state index contributed by atoms with van der Waals surface area (Å²) >= 11 is 9.03. The van der Waals surface area contributed by atoms with Crippen molar-refractivity contribution in [3.8, 4) is 0 Å². The summed E-state index contributed by atoms with van der Waals surface area (Å²) in [6.07, 6.45) is -3.57. The second kappa shape index (κ2) is 5.23. The molecule has 0 saturated heterocycles. The molecule has 0 unspecified atom stereocenters. The lowest BCUT2D eigenvalue weighted by molar-refractivity contribution is -0.132. The van der Waals surface area contributed by atoms with Gasteiger partial charge >= 0.3 is 6.18 Å². The van der Waals surface area contributed by atoms with Gasteiger partial charge in [-0.1, -0.05) is 11.6 Å². The van der Waals surface area contributed by atoms with Crippen LogP contribution in [-0.4, -0.2) is 24.8 Å². The highest BCUT2D eigenvalue weighted by atomic mass is 79.9. The first-order chi connectivity index (χ1) is 7.29. The smallest absolute Gasteiger partial charge is 0.358 e. The molecule has 0 spiro atoms. The number of rotatable bonds is 3. The number of hydrogen-bond acceptors (Lipinski definition) is 2. The van der Waals surface area contributed by atoms with Crippen LogP contribution in [0.2, 0.25) is 5.02 Å². The van der Waals surface area contributed by atoms with Crippen molar-refractivity contribution in [3.63, 3.8) is 0 Å². The van der Waals surface area contributed by atoms with E-state index in [1.54, 1.807) is 6.07 Å². The van der Waals surface area contributed by atoms with Crippen LogP contribution in [0.4, 0.5) is 19.0 Å². The first-order valence-electron chi connectivity index (χ1n) is 4.38. The molecule has 0 aromatic carbocycles. The summed E-state index contributed by atoms with van der Waals surface area (Å²) in [5.74, 6) is 0.342. The maximum Gasteiger partial charge on any atom is 0.390 e. The Labute approximate surface area is 105 Å². The van der Waals surface area contributed by atoms with E-state index < -0.39 is 12.6 Å². The largest absolute Gasteiger partial charge is 0.390 e. The van der Waals surface area contributed by atoms with Gasteiger partial charge in [-0.3, -0.25) is 0 Å². The maximum atomic E-state index is 12.0. The van der Waals surface area contributed by atoms with Crippen LogP contribution in [0, 0.1) is 0 Å². The molecule has 0 bridgehead atoms. The average molecular weight is 318 g/mol. The van der Waals surface area contributed by atoms with E-state index in [0.717, 1.165) is 0 Å². The second-order valence-electron chi connectivity index (χ2n) is 3.25. The summed E-state index contributed by atoms with van der Waals surface area (Å²) < 4.78 is 36.7. The van der Waals surface area contributed by atoms with Crippen molar-refractivity contribution in [2.24, 2.45) is 0 Å². The predicted octanol–water partition coefficient (Wildman–Crippen LogP) is 3.89. The van der Waals surface area contributed by atoms with Crippen molar-refractivity contribution >= 4 is 33.3 Å². The molecule has 90 valence electrons. The Kier molecular flexibility index (Phi) is 4.43. The normalized spacial score (nSPS) is 11.6. The number of halogens is 5. The standard InChI is InChI=1S/C9H9BrClF3N2/c1-16(3-2-9(12,13)14)8-7(11)4-6(10)5-15-8/h4-5H,2-3H2,1H3.